The van der Waals surface area contributed by atoms with Crippen LogP contribution in [-0.4, -0.2) is 30.0 Å². The number of aromatic amines is 1. The number of ether oxygens (including phenoxy) is 1. The SMILES string of the molecule is COc1ccc(N(C)C(C)=O)c(-c2nc3ccc(Cl)cc3[nH]2)c1. The zero-order chi connectivity index (χ0) is 16.6. The number of methoxy groups -OCH3 is 1. The van der Waals surface area contributed by atoms with Crippen molar-refractivity contribution >= 4 is 34.2 Å². The number of nitrogens with one attached hydrogen (secondary N) is 1. The molecule has 0 aliphatic heterocycles. The van der Waals surface area contributed by atoms with Crippen molar-refractivity contribution in [3.8, 4) is 17.1 Å². The highest BCUT2D eigenvalue weighted by atomic mass is 35.5. The van der Waals surface area contributed by atoms with Gasteiger partial charge in [-0.1, -0.05) is 11.6 Å². The second-order valence-electron chi connectivity index (χ2n) is 5.21. The summed E-state index contributed by atoms with van der Waals surface area (Å²) in [5, 5.41) is 0.638. The van der Waals surface area contributed by atoms with Crippen molar-refractivity contribution in [1.82, 2.24) is 9.97 Å². The number of hydrogen-bond donors (Lipinski definition) is 1. The highest BCUT2D eigenvalue weighted by molar-refractivity contribution is 6.31. The van der Waals surface area contributed by atoms with Crippen molar-refractivity contribution in [3.63, 3.8) is 0 Å². The van der Waals surface area contributed by atoms with Gasteiger partial charge in [-0.2, -0.15) is 0 Å². The van der Waals surface area contributed by atoms with Crippen molar-refractivity contribution in [2.75, 3.05) is 19.1 Å². The van der Waals surface area contributed by atoms with E-state index in [0.29, 0.717) is 16.6 Å². The topological polar surface area (TPSA) is 58.2 Å². The molecule has 1 amide bonds. The number of rotatable bonds is 3. The molecule has 1 heterocycles. The average Bonchev–Trinajstić information content (AvgIpc) is 2.96. The van der Waals surface area contributed by atoms with Gasteiger partial charge in [-0.05, 0) is 36.4 Å². The van der Waals surface area contributed by atoms with Gasteiger partial charge in [0.05, 0.1) is 23.8 Å². The molecule has 6 heteroatoms. The Bertz CT molecular complexity index is 889. The Morgan fingerprint density at radius 3 is 2.74 bits per heavy atom. The number of carbonyl (C=O) groups excluding carboxylic acids is 1. The van der Waals surface area contributed by atoms with Gasteiger partial charge in [0.1, 0.15) is 11.6 Å². The van der Waals surface area contributed by atoms with E-state index >= 15 is 0 Å². The van der Waals surface area contributed by atoms with Gasteiger partial charge in [0.15, 0.2) is 0 Å². The maximum atomic E-state index is 11.7. The number of aromatic nitrogens is 2. The number of amides is 1. The minimum atomic E-state index is -0.0597. The average molecular weight is 330 g/mol. The number of fused-ring (bicyclic) bond motifs is 1. The quantitative estimate of drug-likeness (QED) is 0.793. The molecule has 1 N–H and O–H groups in total. The number of H-pyrrole nitrogens is 1. The Balaban J connectivity index is 2.20. The van der Waals surface area contributed by atoms with E-state index in [-0.39, 0.29) is 5.91 Å². The minimum Gasteiger partial charge on any atom is -0.497 e. The van der Waals surface area contributed by atoms with Crippen molar-refractivity contribution in [2.45, 2.75) is 6.92 Å². The van der Waals surface area contributed by atoms with Gasteiger partial charge >= 0.3 is 0 Å². The highest BCUT2D eigenvalue weighted by Crippen LogP contribution is 2.33. The smallest absolute Gasteiger partial charge is 0.223 e. The molecule has 3 rings (SSSR count). The van der Waals surface area contributed by atoms with Gasteiger partial charge < -0.3 is 14.6 Å². The normalized spacial score (nSPS) is 10.8. The summed E-state index contributed by atoms with van der Waals surface area (Å²) in [6, 6.07) is 11.0. The first kappa shape index (κ1) is 15.4. The number of carbonyl (C=O) groups is 1. The van der Waals surface area contributed by atoms with Crippen LogP contribution in [0.2, 0.25) is 5.02 Å². The lowest BCUT2D eigenvalue weighted by molar-refractivity contribution is -0.116. The zero-order valence-electron chi connectivity index (χ0n) is 13.1. The summed E-state index contributed by atoms with van der Waals surface area (Å²) >= 11 is 6.02. The van der Waals surface area contributed by atoms with Crippen LogP contribution < -0.4 is 9.64 Å². The molecular weight excluding hydrogens is 314 g/mol. The van der Waals surface area contributed by atoms with Crippen LogP contribution in [0.25, 0.3) is 22.4 Å². The highest BCUT2D eigenvalue weighted by Gasteiger charge is 2.16. The summed E-state index contributed by atoms with van der Waals surface area (Å²) in [4.78, 5) is 21.2. The molecule has 0 spiro atoms. The third kappa shape index (κ3) is 2.87. The van der Waals surface area contributed by atoms with Gasteiger partial charge in [0.2, 0.25) is 5.91 Å². The number of hydrogen-bond acceptors (Lipinski definition) is 3. The van der Waals surface area contributed by atoms with Crippen LogP contribution in [0.4, 0.5) is 5.69 Å². The Labute approximate surface area is 138 Å². The van der Waals surface area contributed by atoms with Crippen LogP contribution in [0.5, 0.6) is 5.75 Å². The van der Waals surface area contributed by atoms with Gasteiger partial charge in [-0.25, -0.2) is 4.98 Å². The predicted octanol–water partition coefficient (Wildman–Crippen LogP) is 3.87. The molecule has 0 radical (unpaired) electrons. The second-order valence-corrected chi connectivity index (χ2v) is 5.64. The molecule has 0 unspecified atom stereocenters. The summed E-state index contributed by atoms with van der Waals surface area (Å²) in [7, 11) is 3.33. The molecule has 0 saturated carbocycles. The number of nitrogens with zero attached hydrogens (tertiary/aromatic N) is 2. The Kier molecular flexibility index (Phi) is 3.96. The number of benzene rings is 2. The summed E-state index contributed by atoms with van der Waals surface area (Å²) in [5.41, 5.74) is 3.19. The summed E-state index contributed by atoms with van der Waals surface area (Å²) in [6.07, 6.45) is 0. The van der Waals surface area contributed by atoms with E-state index in [4.69, 9.17) is 16.3 Å². The van der Waals surface area contributed by atoms with E-state index in [1.54, 1.807) is 25.1 Å². The zero-order valence-corrected chi connectivity index (χ0v) is 13.8. The largest absolute Gasteiger partial charge is 0.497 e. The minimum absolute atomic E-state index is 0.0597. The van der Waals surface area contributed by atoms with Crippen molar-refractivity contribution < 1.29 is 9.53 Å². The third-order valence-corrected chi connectivity index (χ3v) is 3.97. The molecule has 3 aromatic rings. The maximum absolute atomic E-state index is 11.7. The maximum Gasteiger partial charge on any atom is 0.223 e. The Morgan fingerprint density at radius 2 is 2.04 bits per heavy atom. The van der Waals surface area contributed by atoms with Gasteiger partial charge in [-0.15, -0.1) is 0 Å². The van der Waals surface area contributed by atoms with Crippen LogP contribution in [0.1, 0.15) is 6.92 Å². The van der Waals surface area contributed by atoms with Crippen molar-refractivity contribution in [2.24, 2.45) is 0 Å². The fourth-order valence-electron chi connectivity index (χ4n) is 2.40. The molecule has 0 fully saturated rings. The lowest BCUT2D eigenvalue weighted by atomic mass is 10.1. The molecule has 0 atom stereocenters. The van der Waals surface area contributed by atoms with Gasteiger partial charge in [-0.3, -0.25) is 4.79 Å². The van der Waals surface area contributed by atoms with E-state index in [1.165, 1.54) is 6.92 Å². The molecule has 118 valence electrons. The van der Waals surface area contributed by atoms with E-state index < -0.39 is 0 Å². The molecule has 1 aromatic heterocycles. The fourth-order valence-corrected chi connectivity index (χ4v) is 2.58. The molecule has 0 saturated heterocycles. The number of halogens is 1. The predicted molar refractivity (Wildman–Crippen MR) is 92.2 cm³/mol. The van der Waals surface area contributed by atoms with Crippen molar-refractivity contribution in [3.05, 3.63) is 41.4 Å². The summed E-state index contributed by atoms with van der Waals surface area (Å²) in [5.74, 6) is 1.29. The molecule has 0 aliphatic rings. The van der Waals surface area contributed by atoms with Crippen LogP contribution >= 0.6 is 11.6 Å². The first-order chi connectivity index (χ1) is 11.0. The van der Waals surface area contributed by atoms with Crippen LogP contribution in [0, 0.1) is 0 Å². The van der Waals surface area contributed by atoms with Gasteiger partial charge in [0.25, 0.3) is 0 Å². The first-order valence-corrected chi connectivity index (χ1v) is 7.45. The van der Waals surface area contributed by atoms with Crippen LogP contribution in [0.15, 0.2) is 36.4 Å². The Hall–Kier alpha value is -2.53. The molecular formula is C17H16ClN3O2. The molecule has 2 aromatic carbocycles. The summed E-state index contributed by atoms with van der Waals surface area (Å²) in [6.45, 7) is 1.52. The first-order valence-electron chi connectivity index (χ1n) is 7.07. The lowest BCUT2D eigenvalue weighted by Gasteiger charge is -2.19. The molecule has 0 bridgehead atoms. The molecule has 5 nitrogen and oxygen atoms in total. The van der Waals surface area contributed by atoms with E-state index in [0.717, 1.165) is 22.3 Å². The summed E-state index contributed by atoms with van der Waals surface area (Å²) < 4.78 is 5.30. The van der Waals surface area contributed by atoms with Crippen LogP contribution in [-0.2, 0) is 4.79 Å². The number of anilines is 1. The van der Waals surface area contributed by atoms with E-state index in [1.807, 2.05) is 30.3 Å². The van der Waals surface area contributed by atoms with Crippen molar-refractivity contribution in [1.29, 1.82) is 0 Å². The number of imidazole rings is 1. The molecule has 0 aliphatic carbocycles. The van der Waals surface area contributed by atoms with Crippen LogP contribution in [0.3, 0.4) is 0 Å². The standard InChI is InChI=1S/C17H16ClN3O2/c1-10(22)21(2)16-7-5-12(23-3)9-13(16)17-19-14-6-4-11(18)8-15(14)20-17/h4-9H,1-3H3,(H,19,20). The van der Waals surface area contributed by atoms with E-state index in [9.17, 15) is 4.79 Å². The van der Waals surface area contributed by atoms with Gasteiger partial charge in [0, 0.05) is 24.6 Å². The second kappa shape index (κ2) is 5.93. The lowest BCUT2D eigenvalue weighted by Crippen LogP contribution is -2.23. The van der Waals surface area contributed by atoms with E-state index in [2.05, 4.69) is 9.97 Å². The molecule has 23 heavy (non-hydrogen) atoms. The third-order valence-electron chi connectivity index (χ3n) is 3.74. The fraction of sp³-hybridized carbons (Fsp3) is 0.176. The monoisotopic (exact) mass is 329 g/mol. The Morgan fingerprint density at radius 1 is 1.26 bits per heavy atom.